The van der Waals surface area contributed by atoms with Crippen LogP contribution in [0.4, 0.5) is 0 Å². The molecule has 2 aromatic heterocycles. The average Bonchev–Trinajstić information content (AvgIpc) is 3.56. The maximum atomic E-state index is 12.3. The van der Waals surface area contributed by atoms with Gasteiger partial charge in [-0.2, -0.15) is 4.98 Å². The third-order valence-electron chi connectivity index (χ3n) is 6.38. The molecule has 1 aromatic carbocycles. The van der Waals surface area contributed by atoms with E-state index in [0.29, 0.717) is 58.5 Å². The lowest BCUT2D eigenvalue weighted by molar-refractivity contribution is -0.307. The fourth-order valence-corrected chi connectivity index (χ4v) is 5.27. The Morgan fingerprint density at radius 2 is 1.46 bits per heavy atom. The predicted octanol–water partition coefficient (Wildman–Crippen LogP) is 1.25. The van der Waals surface area contributed by atoms with Gasteiger partial charge in [-0.25, -0.2) is 0 Å². The van der Waals surface area contributed by atoms with Gasteiger partial charge in [0.15, 0.2) is 23.0 Å². The Hall–Kier alpha value is -4.39. The number of hydrogen-bond donors (Lipinski definition) is 0. The first-order valence-electron chi connectivity index (χ1n) is 12.8. The van der Waals surface area contributed by atoms with E-state index in [9.17, 15) is 29.4 Å². The van der Waals surface area contributed by atoms with Crippen molar-refractivity contribution in [2.24, 2.45) is 0 Å². The molecular weight excluding hydrogens is 556 g/mol. The number of methoxy groups -OCH3 is 2. The Labute approximate surface area is 239 Å². The van der Waals surface area contributed by atoms with Crippen LogP contribution in [0.1, 0.15) is 52.9 Å². The van der Waals surface area contributed by atoms with Gasteiger partial charge in [-0.1, -0.05) is 0 Å². The number of thiophene rings is 1. The Balaban J connectivity index is 1.33. The van der Waals surface area contributed by atoms with E-state index in [2.05, 4.69) is 4.98 Å². The number of rotatable bonds is 15. The van der Waals surface area contributed by atoms with E-state index in [-0.39, 0.29) is 49.9 Å². The molecule has 0 saturated heterocycles. The van der Waals surface area contributed by atoms with Crippen LogP contribution in [0.3, 0.4) is 0 Å². The fraction of sp³-hybridized carbons (Fsp3) is 0.393. The minimum atomic E-state index is -1.28. The summed E-state index contributed by atoms with van der Waals surface area (Å²) in [4.78, 5) is 53.0. The molecule has 1 amide bonds. The molecule has 0 saturated carbocycles. The van der Waals surface area contributed by atoms with Crippen molar-refractivity contribution in [3.8, 4) is 23.1 Å². The molecule has 0 N–H and O–H groups in total. The number of benzene rings is 1. The summed E-state index contributed by atoms with van der Waals surface area (Å²) in [6.07, 6.45) is -0.427. The highest BCUT2D eigenvalue weighted by molar-refractivity contribution is 7.20. The Kier molecular flexibility index (Phi) is 9.61. The maximum Gasteiger partial charge on any atom is 0.258 e. The normalized spacial score (nSPS) is 12.2. The van der Waals surface area contributed by atoms with Crippen molar-refractivity contribution in [2.45, 2.75) is 45.2 Å². The molecule has 0 aliphatic carbocycles. The maximum absolute atomic E-state index is 12.3. The molecule has 0 radical (unpaired) electrons. The van der Waals surface area contributed by atoms with Crippen LogP contribution in [0.15, 0.2) is 24.3 Å². The van der Waals surface area contributed by atoms with Crippen LogP contribution in [0.25, 0.3) is 10.2 Å². The number of carboxylic acids is 2. The first-order chi connectivity index (χ1) is 19.7. The van der Waals surface area contributed by atoms with E-state index in [1.807, 2.05) is 12.1 Å². The van der Waals surface area contributed by atoms with Crippen LogP contribution in [-0.4, -0.2) is 60.9 Å². The van der Waals surface area contributed by atoms with Gasteiger partial charge in [-0.05, 0) is 48.2 Å². The molecule has 4 rings (SSSR count). The van der Waals surface area contributed by atoms with E-state index < -0.39 is 11.9 Å². The summed E-state index contributed by atoms with van der Waals surface area (Å²) in [6.45, 7) is 1.27. The molecule has 0 unspecified atom stereocenters. The van der Waals surface area contributed by atoms with Gasteiger partial charge in [0.05, 0.1) is 32.3 Å². The number of nitrogens with zero attached hydrogens (tertiary/aromatic N) is 2. The summed E-state index contributed by atoms with van der Waals surface area (Å²) in [5.41, 5.74) is 1.81. The van der Waals surface area contributed by atoms with Crippen molar-refractivity contribution >= 4 is 45.2 Å². The summed E-state index contributed by atoms with van der Waals surface area (Å²) in [5.74, 6) is -1.41. The van der Waals surface area contributed by atoms with Crippen LogP contribution in [0, 0.1) is 0 Å². The Morgan fingerprint density at radius 1 is 0.829 bits per heavy atom. The molecule has 1 aliphatic rings. The predicted molar refractivity (Wildman–Crippen MR) is 142 cm³/mol. The third-order valence-corrected chi connectivity index (χ3v) is 7.47. The molecule has 13 heteroatoms. The number of fused-ring (bicyclic) bond motifs is 2. The summed E-state index contributed by atoms with van der Waals surface area (Å²) in [7, 11) is 3.01. The highest BCUT2D eigenvalue weighted by atomic mass is 32.1. The second kappa shape index (κ2) is 13.3. The van der Waals surface area contributed by atoms with Crippen LogP contribution in [-0.2, 0) is 27.5 Å². The van der Waals surface area contributed by atoms with E-state index in [1.165, 1.54) is 14.2 Å². The standard InChI is InChI=1S/C28H30N2O10S/c1-37-20-11-17-14-30(24(32)5-7-26(35)36)15-18(17)12-21(20)39-8-3-9-40-27-22(38-2)10-16-13-23(41-28(16)29-27)19(31)4-6-25(33)34/h10-13H,3-9,14-15H2,1-2H3,(H,33,34)(H,35,36)/p-2. The quantitative estimate of drug-likeness (QED) is 0.186. The number of carboxylic acid groups (broad SMARTS) is 2. The number of pyridine rings is 1. The molecule has 41 heavy (non-hydrogen) atoms. The molecule has 0 atom stereocenters. The molecule has 1 aliphatic heterocycles. The number of carbonyl (C=O) groups is 4. The topological polar surface area (TPSA) is 167 Å². The number of ketones is 1. The second-order valence-corrected chi connectivity index (χ2v) is 10.3. The molecule has 0 fully saturated rings. The molecule has 0 bridgehead atoms. The zero-order valence-electron chi connectivity index (χ0n) is 22.6. The summed E-state index contributed by atoms with van der Waals surface area (Å²) < 4.78 is 22.6. The average molecular weight is 585 g/mol. The number of amides is 1. The Bertz CT molecular complexity index is 1470. The van der Waals surface area contributed by atoms with Gasteiger partial charge in [0.25, 0.3) is 5.88 Å². The molecular formula is C28H28N2O10S-2. The van der Waals surface area contributed by atoms with Gasteiger partial charge >= 0.3 is 0 Å². The van der Waals surface area contributed by atoms with Crippen molar-refractivity contribution in [1.82, 2.24) is 9.88 Å². The second-order valence-electron chi connectivity index (χ2n) is 9.24. The van der Waals surface area contributed by atoms with Crippen molar-refractivity contribution in [1.29, 1.82) is 0 Å². The van der Waals surface area contributed by atoms with Gasteiger partial charge in [-0.3, -0.25) is 9.59 Å². The van der Waals surface area contributed by atoms with Crippen LogP contribution in [0.5, 0.6) is 23.1 Å². The van der Waals surface area contributed by atoms with E-state index in [4.69, 9.17) is 18.9 Å². The zero-order valence-corrected chi connectivity index (χ0v) is 23.4. The minimum Gasteiger partial charge on any atom is -0.550 e. The summed E-state index contributed by atoms with van der Waals surface area (Å²) in [5, 5.41) is 22.0. The lowest BCUT2D eigenvalue weighted by Crippen LogP contribution is -2.28. The molecule has 3 heterocycles. The van der Waals surface area contributed by atoms with Crippen LogP contribution in [0.2, 0.25) is 0 Å². The molecule has 3 aromatic rings. The number of Topliss-reactive ketones (excluding diaryl/α,β-unsaturated/α-hetero) is 1. The lowest BCUT2D eigenvalue weighted by atomic mass is 10.1. The number of carbonyl (C=O) groups excluding carboxylic acids is 4. The number of aliphatic carboxylic acids is 2. The molecule has 12 nitrogen and oxygen atoms in total. The van der Waals surface area contributed by atoms with Crippen molar-refractivity contribution in [2.75, 3.05) is 27.4 Å². The number of hydrogen-bond acceptors (Lipinski definition) is 12. The SMILES string of the molecule is COc1cc2c(cc1OCCCOc1nc3sc(C(=O)CCC(=O)[O-])cc3cc1OC)CN(C(=O)CCC(=O)[O-])C2. The molecule has 218 valence electrons. The van der Waals surface area contributed by atoms with E-state index in [1.54, 1.807) is 17.0 Å². The first-order valence-corrected chi connectivity index (χ1v) is 13.6. The van der Waals surface area contributed by atoms with Crippen molar-refractivity contribution in [3.05, 3.63) is 40.3 Å². The molecule has 0 spiro atoms. The van der Waals surface area contributed by atoms with Gasteiger partial charge < -0.3 is 43.6 Å². The van der Waals surface area contributed by atoms with Crippen molar-refractivity contribution in [3.63, 3.8) is 0 Å². The third kappa shape index (κ3) is 7.42. The largest absolute Gasteiger partial charge is 0.550 e. The fourth-order valence-electron chi connectivity index (χ4n) is 4.29. The minimum absolute atomic E-state index is 0.111. The smallest absolute Gasteiger partial charge is 0.258 e. The van der Waals surface area contributed by atoms with Crippen LogP contribution < -0.4 is 29.2 Å². The number of ether oxygens (including phenoxy) is 4. The van der Waals surface area contributed by atoms with Crippen molar-refractivity contribution < 1.29 is 48.3 Å². The first kappa shape index (κ1) is 29.6. The number of aromatic nitrogens is 1. The highest BCUT2D eigenvalue weighted by Crippen LogP contribution is 2.36. The van der Waals surface area contributed by atoms with Gasteiger partial charge in [-0.15, -0.1) is 11.3 Å². The van der Waals surface area contributed by atoms with E-state index >= 15 is 0 Å². The van der Waals surface area contributed by atoms with Gasteiger partial charge in [0.2, 0.25) is 5.91 Å². The monoisotopic (exact) mass is 584 g/mol. The summed E-state index contributed by atoms with van der Waals surface area (Å²) >= 11 is 1.15. The Morgan fingerprint density at radius 3 is 2.12 bits per heavy atom. The van der Waals surface area contributed by atoms with Gasteiger partial charge in [0, 0.05) is 49.7 Å². The van der Waals surface area contributed by atoms with Crippen LogP contribution >= 0.6 is 11.3 Å². The highest BCUT2D eigenvalue weighted by Gasteiger charge is 2.25. The lowest BCUT2D eigenvalue weighted by Gasteiger charge is -2.15. The van der Waals surface area contributed by atoms with E-state index in [0.717, 1.165) is 22.5 Å². The zero-order chi connectivity index (χ0) is 29.5. The summed E-state index contributed by atoms with van der Waals surface area (Å²) in [6, 6.07) is 7.00. The van der Waals surface area contributed by atoms with Gasteiger partial charge in [0.1, 0.15) is 4.83 Å².